The number of para-hydroxylation sites is 1. The Hall–Kier alpha value is -2.84. The summed E-state index contributed by atoms with van der Waals surface area (Å²) in [6.07, 6.45) is 3.28. The van der Waals surface area contributed by atoms with E-state index in [4.69, 9.17) is 4.74 Å². The molecule has 2 heterocycles. The molecule has 0 spiro atoms. The summed E-state index contributed by atoms with van der Waals surface area (Å²) < 4.78 is 7.06. The van der Waals surface area contributed by atoms with Gasteiger partial charge in [-0.15, -0.1) is 10.2 Å². The molecule has 28 heavy (non-hydrogen) atoms. The normalized spacial score (nSPS) is 18.8. The molecule has 0 aliphatic heterocycles. The van der Waals surface area contributed by atoms with Gasteiger partial charge >= 0.3 is 0 Å². The molecule has 0 bridgehead atoms. The lowest BCUT2D eigenvalue weighted by atomic mass is 9.79. The lowest BCUT2D eigenvalue weighted by Crippen LogP contribution is -2.44. The van der Waals surface area contributed by atoms with Crippen LogP contribution in [-0.2, 0) is 17.9 Å². The Kier molecular flexibility index (Phi) is 5.31. The van der Waals surface area contributed by atoms with E-state index < -0.39 is 0 Å². The van der Waals surface area contributed by atoms with Gasteiger partial charge in [-0.1, -0.05) is 18.2 Å². The highest BCUT2D eigenvalue weighted by Gasteiger charge is 2.35. The fourth-order valence-corrected chi connectivity index (χ4v) is 3.69. The third-order valence-corrected chi connectivity index (χ3v) is 5.23. The number of nitrogens with one attached hydrogen (secondary N) is 1. The molecule has 1 amide bonds. The molecule has 1 aromatic carbocycles. The predicted molar refractivity (Wildman–Crippen MR) is 103 cm³/mol. The van der Waals surface area contributed by atoms with Gasteiger partial charge in [0.1, 0.15) is 12.4 Å². The van der Waals surface area contributed by atoms with Crippen molar-refractivity contribution in [3.63, 3.8) is 0 Å². The van der Waals surface area contributed by atoms with Crippen LogP contribution in [0.15, 0.2) is 36.5 Å². The maximum atomic E-state index is 12.7. The number of aliphatic hydroxyl groups excluding tert-OH is 1. The zero-order chi connectivity index (χ0) is 19.5. The molecule has 146 valence electrons. The monoisotopic (exact) mass is 381 g/mol. The van der Waals surface area contributed by atoms with Crippen molar-refractivity contribution in [2.45, 2.75) is 38.0 Å². The summed E-state index contributed by atoms with van der Waals surface area (Å²) in [5.41, 5.74) is 1.30. The first-order valence-electron chi connectivity index (χ1n) is 9.37. The predicted octanol–water partition coefficient (Wildman–Crippen LogP) is 1.64. The van der Waals surface area contributed by atoms with Crippen LogP contribution in [0.4, 0.5) is 0 Å². The maximum absolute atomic E-state index is 12.7. The molecule has 2 N–H and O–H groups in total. The van der Waals surface area contributed by atoms with E-state index in [9.17, 15) is 9.90 Å². The maximum Gasteiger partial charge on any atom is 0.253 e. The molecule has 8 nitrogen and oxygen atoms in total. The van der Waals surface area contributed by atoms with Crippen molar-refractivity contribution in [3.8, 4) is 0 Å². The number of amides is 1. The molecule has 2 aromatic heterocycles. The summed E-state index contributed by atoms with van der Waals surface area (Å²) >= 11 is 0. The minimum Gasteiger partial charge on any atom is -0.388 e. The van der Waals surface area contributed by atoms with Crippen molar-refractivity contribution in [2.75, 3.05) is 13.7 Å². The van der Waals surface area contributed by atoms with Crippen LogP contribution in [0.2, 0.25) is 0 Å². The second-order valence-electron chi connectivity index (χ2n) is 7.00. The Morgan fingerprint density at radius 1 is 1.29 bits per heavy atom. The molecular weight excluding hydrogens is 358 g/mol. The highest BCUT2D eigenvalue weighted by Crippen LogP contribution is 2.36. The first kappa shape index (κ1) is 18.5. The van der Waals surface area contributed by atoms with Crippen LogP contribution in [-0.4, -0.2) is 50.5 Å². The lowest BCUT2D eigenvalue weighted by Gasteiger charge is -2.35. The molecule has 0 saturated heterocycles. The Bertz CT molecular complexity index is 976. The van der Waals surface area contributed by atoms with Crippen LogP contribution in [0.5, 0.6) is 0 Å². The molecule has 0 atom stereocenters. The largest absolute Gasteiger partial charge is 0.388 e. The molecular formula is C20H23N5O3. The molecule has 4 rings (SSSR count). The van der Waals surface area contributed by atoms with Gasteiger partial charge in [0.15, 0.2) is 5.82 Å². The summed E-state index contributed by atoms with van der Waals surface area (Å²) in [5, 5.41) is 21.8. The van der Waals surface area contributed by atoms with E-state index in [1.54, 1.807) is 19.4 Å². The summed E-state index contributed by atoms with van der Waals surface area (Å²) in [4.78, 5) is 17.1. The number of fused-ring (bicyclic) bond motifs is 1. The van der Waals surface area contributed by atoms with Gasteiger partial charge in [-0.05, 0) is 25.0 Å². The third-order valence-electron chi connectivity index (χ3n) is 5.23. The smallest absolute Gasteiger partial charge is 0.253 e. The summed E-state index contributed by atoms with van der Waals surface area (Å²) in [6, 6.07) is 9.52. The molecule has 0 unspecified atom stereocenters. The minimum absolute atomic E-state index is 0.0848. The van der Waals surface area contributed by atoms with Gasteiger partial charge in [-0.3, -0.25) is 9.78 Å². The van der Waals surface area contributed by atoms with E-state index in [1.165, 1.54) is 0 Å². The van der Waals surface area contributed by atoms with Gasteiger partial charge in [-0.2, -0.15) is 0 Å². The summed E-state index contributed by atoms with van der Waals surface area (Å²) in [5.74, 6) is 1.49. The second kappa shape index (κ2) is 8.04. The van der Waals surface area contributed by atoms with Gasteiger partial charge in [0.2, 0.25) is 0 Å². The number of methoxy groups -OCH3 is 1. The van der Waals surface area contributed by atoms with E-state index in [-0.39, 0.29) is 24.5 Å². The Morgan fingerprint density at radius 3 is 2.89 bits per heavy atom. The lowest BCUT2D eigenvalue weighted by molar-refractivity contribution is 0.0907. The van der Waals surface area contributed by atoms with E-state index >= 15 is 0 Å². The minimum atomic E-state index is -0.155. The van der Waals surface area contributed by atoms with Gasteiger partial charge in [0.25, 0.3) is 5.91 Å². The van der Waals surface area contributed by atoms with Crippen molar-refractivity contribution in [1.29, 1.82) is 0 Å². The quantitative estimate of drug-likeness (QED) is 0.645. The summed E-state index contributed by atoms with van der Waals surface area (Å²) in [6.45, 7) is 0.973. The topological polar surface area (TPSA) is 102 Å². The zero-order valence-electron chi connectivity index (χ0n) is 15.7. The standard InChI is InChI=1S/C20H23N5O3/c1-28-9-8-25-17(12-26)23-24-19(25)14-10-15(11-14)22-20(27)16-6-2-4-13-5-3-7-21-18(13)16/h2-7,14-15,26H,8-12H2,1H3,(H,22,27). The molecule has 3 aromatic rings. The molecule has 1 aliphatic carbocycles. The van der Waals surface area contributed by atoms with Gasteiger partial charge in [0, 0.05) is 37.2 Å². The fourth-order valence-electron chi connectivity index (χ4n) is 3.69. The Balaban J connectivity index is 1.42. The number of benzene rings is 1. The number of carbonyl (C=O) groups excluding carboxylic acids is 1. The number of ether oxygens (including phenoxy) is 1. The molecule has 0 radical (unpaired) electrons. The highest BCUT2D eigenvalue weighted by atomic mass is 16.5. The van der Waals surface area contributed by atoms with E-state index in [0.717, 1.165) is 24.1 Å². The van der Waals surface area contributed by atoms with Gasteiger partial charge in [0.05, 0.1) is 17.7 Å². The van der Waals surface area contributed by atoms with Crippen LogP contribution < -0.4 is 5.32 Å². The third kappa shape index (κ3) is 3.48. The average Bonchev–Trinajstić information content (AvgIpc) is 3.10. The Labute approximate surface area is 162 Å². The first-order valence-corrected chi connectivity index (χ1v) is 9.37. The summed E-state index contributed by atoms with van der Waals surface area (Å²) in [7, 11) is 1.64. The molecule has 1 fully saturated rings. The molecule has 1 saturated carbocycles. The second-order valence-corrected chi connectivity index (χ2v) is 7.00. The number of nitrogens with zero attached hydrogens (tertiary/aromatic N) is 4. The van der Waals surface area contributed by atoms with Crippen molar-refractivity contribution in [3.05, 3.63) is 53.7 Å². The number of aromatic nitrogens is 4. The number of carbonyl (C=O) groups is 1. The SMILES string of the molecule is COCCn1c(CO)nnc1C1CC(NC(=O)c2cccc3cccnc23)C1. The van der Waals surface area contributed by atoms with Gasteiger partial charge < -0.3 is 19.7 Å². The van der Waals surface area contributed by atoms with Crippen molar-refractivity contribution in [2.24, 2.45) is 0 Å². The van der Waals surface area contributed by atoms with Gasteiger partial charge in [-0.25, -0.2) is 0 Å². The fraction of sp³-hybridized carbons (Fsp3) is 0.400. The van der Waals surface area contributed by atoms with E-state index in [0.29, 0.717) is 30.1 Å². The highest BCUT2D eigenvalue weighted by molar-refractivity contribution is 6.05. The van der Waals surface area contributed by atoms with Crippen LogP contribution in [0, 0.1) is 0 Å². The van der Waals surface area contributed by atoms with Crippen molar-refractivity contribution >= 4 is 16.8 Å². The van der Waals surface area contributed by atoms with Crippen molar-refractivity contribution in [1.82, 2.24) is 25.1 Å². The number of aliphatic hydroxyl groups is 1. The van der Waals surface area contributed by atoms with Crippen LogP contribution >= 0.6 is 0 Å². The van der Waals surface area contributed by atoms with E-state index in [2.05, 4.69) is 20.5 Å². The van der Waals surface area contributed by atoms with Crippen LogP contribution in [0.3, 0.4) is 0 Å². The van der Waals surface area contributed by atoms with E-state index in [1.807, 2.05) is 28.8 Å². The average molecular weight is 381 g/mol. The Morgan fingerprint density at radius 2 is 2.11 bits per heavy atom. The van der Waals surface area contributed by atoms with Crippen LogP contribution in [0.25, 0.3) is 10.9 Å². The number of hydrogen-bond donors (Lipinski definition) is 2. The molecule has 1 aliphatic rings. The number of pyridine rings is 1. The number of rotatable bonds is 7. The molecule has 8 heteroatoms. The van der Waals surface area contributed by atoms with Crippen LogP contribution in [0.1, 0.15) is 40.8 Å². The zero-order valence-corrected chi connectivity index (χ0v) is 15.7. The number of hydrogen-bond acceptors (Lipinski definition) is 6. The van der Waals surface area contributed by atoms with Crippen molar-refractivity contribution < 1.29 is 14.6 Å². The first-order chi connectivity index (χ1) is 13.7.